The fourth-order valence-corrected chi connectivity index (χ4v) is 2.11. The molecule has 4 heteroatoms. The van der Waals surface area contributed by atoms with Crippen LogP contribution in [-0.2, 0) is 7.05 Å². The second-order valence-corrected chi connectivity index (χ2v) is 4.46. The number of ketones is 1. The van der Waals surface area contributed by atoms with Gasteiger partial charge < -0.3 is 5.73 Å². The second kappa shape index (κ2) is 4.24. The highest BCUT2D eigenvalue weighted by Gasteiger charge is 2.15. The number of fused-ring (bicyclic) bond motifs is 1. The van der Waals surface area contributed by atoms with E-state index in [-0.39, 0.29) is 5.78 Å². The van der Waals surface area contributed by atoms with Crippen molar-refractivity contribution in [1.29, 1.82) is 0 Å². The van der Waals surface area contributed by atoms with Gasteiger partial charge in [-0.2, -0.15) is 5.10 Å². The van der Waals surface area contributed by atoms with E-state index in [4.69, 9.17) is 5.73 Å². The van der Waals surface area contributed by atoms with Crippen LogP contribution < -0.4 is 5.73 Å². The minimum Gasteiger partial charge on any atom is -0.383 e. The van der Waals surface area contributed by atoms with E-state index in [0.717, 1.165) is 10.8 Å². The molecule has 3 rings (SSSR count). The van der Waals surface area contributed by atoms with Crippen LogP contribution in [-0.4, -0.2) is 15.6 Å². The predicted octanol–water partition coefficient (Wildman–Crippen LogP) is 2.39. The van der Waals surface area contributed by atoms with Crippen LogP contribution in [0.25, 0.3) is 10.8 Å². The summed E-state index contributed by atoms with van der Waals surface area (Å²) in [4.78, 5) is 12.4. The number of carbonyl (C=O) groups excluding carboxylic acids is 1. The van der Waals surface area contributed by atoms with Crippen molar-refractivity contribution in [1.82, 2.24) is 9.78 Å². The van der Waals surface area contributed by atoms with E-state index in [1.165, 1.54) is 10.9 Å². The van der Waals surface area contributed by atoms with Crippen LogP contribution in [0.2, 0.25) is 0 Å². The van der Waals surface area contributed by atoms with Crippen molar-refractivity contribution in [3.63, 3.8) is 0 Å². The molecule has 0 amide bonds. The van der Waals surface area contributed by atoms with Crippen LogP contribution in [0.15, 0.2) is 48.7 Å². The molecule has 2 aromatic carbocycles. The normalized spacial score (nSPS) is 10.8. The molecule has 0 fully saturated rings. The van der Waals surface area contributed by atoms with Gasteiger partial charge in [0.1, 0.15) is 5.82 Å². The van der Waals surface area contributed by atoms with Gasteiger partial charge in [-0.05, 0) is 16.8 Å². The number of hydrogen-bond acceptors (Lipinski definition) is 3. The summed E-state index contributed by atoms with van der Waals surface area (Å²) in [5, 5.41) is 6.14. The van der Waals surface area contributed by atoms with Crippen molar-refractivity contribution >= 4 is 22.4 Å². The predicted molar refractivity (Wildman–Crippen MR) is 75.0 cm³/mol. The average molecular weight is 251 g/mol. The van der Waals surface area contributed by atoms with Crippen LogP contribution in [0.5, 0.6) is 0 Å². The van der Waals surface area contributed by atoms with E-state index in [0.29, 0.717) is 16.9 Å². The van der Waals surface area contributed by atoms with Gasteiger partial charge in [-0.1, -0.05) is 36.4 Å². The fourth-order valence-electron chi connectivity index (χ4n) is 2.11. The summed E-state index contributed by atoms with van der Waals surface area (Å²) < 4.78 is 1.49. The number of carbonyl (C=O) groups is 1. The molecule has 0 saturated carbocycles. The highest BCUT2D eigenvalue weighted by Crippen LogP contribution is 2.20. The number of benzene rings is 2. The second-order valence-electron chi connectivity index (χ2n) is 4.46. The maximum Gasteiger partial charge on any atom is 0.198 e. The van der Waals surface area contributed by atoms with Crippen molar-refractivity contribution in [3.05, 3.63) is 59.8 Å². The van der Waals surface area contributed by atoms with Crippen LogP contribution in [0.4, 0.5) is 5.82 Å². The lowest BCUT2D eigenvalue weighted by Gasteiger charge is -2.03. The van der Waals surface area contributed by atoms with Gasteiger partial charge in [-0.25, -0.2) is 0 Å². The molecule has 0 aliphatic rings. The number of hydrogen-bond donors (Lipinski definition) is 1. The molecule has 1 aromatic heterocycles. The number of aromatic nitrogens is 2. The van der Waals surface area contributed by atoms with Crippen molar-refractivity contribution in [2.45, 2.75) is 0 Å². The zero-order valence-electron chi connectivity index (χ0n) is 10.5. The van der Waals surface area contributed by atoms with Crippen LogP contribution in [0, 0.1) is 0 Å². The Morgan fingerprint density at radius 1 is 1.16 bits per heavy atom. The monoisotopic (exact) mass is 251 g/mol. The first-order valence-corrected chi connectivity index (χ1v) is 5.98. The third-order valence-electron chi connectivity index (χ3n) is 3.24. The molecule has 94 valence electrons. The molecular formula is C15H13N3O. The number of aryl methyl sites for hydroxylation is 1. The van der Waals surface area contributed by atoms with Crippen LogP contribution in [0.3, 0.4) is 0 Å². The van der Waals surface area contributed by atoms with Gasteiger partial charge in [0.25, 0.3) is 0 Å². The molecule has 0 aliphatic carbocycles. The van der Waals surface area contributed by atoms with Gasteiger partial charge in [0.2, 0.25) is 0 Å². The van der Waals surface area contributed by atoms with Gasteiger partial charge >= 0.3 is 0 Å². The van der Waals surface area contributed by atoms with E-state index in [1.54, 1.807) is 7.05 Å². The molecule has 0 bridgehead atoms. The first kappa shape index (κ1) is 11.5. The maximum absolute atomic E-state index is 12.4. The van der Waals surface area contributed by atoms with Gasteiger partial charge in [-0.3, -0.25) is 9.48 Å². The average Bonchev–Trinajstić information content (AvgIpc) is 2.78. The summed E-state index contributed by atoms with van der Waals surface area (Å²) in [7, 11) is 1.71. The maximum atomic E-state index is 12.4. The van der Waals surface area contributed by atoms with E-state index >= 15 is 0 Å². The number of nitrogens with zero attached hydrogens (tertiary/aromatic N) is 2. The molecule has 0 spiro atoms. The van der Waals surface area contributed by atoms with Crippen LogP contribution >= 0.6 is 0 Å². The lowest BCUT2D eigenvalue weighted by atomic mass is 10.0. The largest absolute Gasteiger partial charge is 0.383 e. The standard InChI is InChI=1S/C15H13N3O/c1-18-15(16)13(9-17-18)14(19)12-7-6-10-4-2-3-5-11(10)8-12/h2-9H,16H2,1H3. The highest BCUT2D eigenvalue weighted by molar-refractivity contribution is 6.12. The Hall–Kier alpha value is -2.62. The Morgan fingerprint density at radius 2 is 1.89 bits per heavy atom. The van der Waals surface area contributed by atoms with Crippen molar-refractivity contribution < 1.29 is 4.79 Å². The highest BCUT2D eigenvalue weighted by atomic mass is 16.1. The topological polar surface area (TPSA) is 60.9 Å². The van der Waals surface area contributed by atoms with Crippen molar-refractivity contribution in [2.75, 3.05) is 5.73 Å². The van der Waals surface area contributed by atoms with Gasteiger partial charge in [0, 0.05) is 12.6 Å². The summed E-state index contributed by atoms with van der Waals surface area (Å²) in [6, 6.07) is 13.6. The van der Waals surface area contributed by atoms with Gasteiger partial charge in [-0.15, -0.1) is 0 Å². The Kier molecular flexibility index (Phi) is 2.56. The van der Waals surface area contributed by atoms with E-state index in [9.17, 15) is 4.79 Å². The first-order chi connectivity index (χ1) is 9.16. The molecule has 4 nitrogen and oxygen atoms in total. The summed E-state index contributed by atoms with van der Waals surface area (Å²) in [5.41, 5.74) is 6.90. The molecule has 3 aromatic rings. The fraction of sp³-hybridized carbons (Fsp3) is 0.0667. The van der Waals surface area contributed by atoms with Crippen molar-refractivity contribution in [2.24, 2.45) is 7.05 Å². The Morgan fingerprint density at radius 3 is 2.58 bits per heavy atom. The lowest BCUT2D eigenvalue weighted by Crippen LogP contribution is -2.06. The molecule has 1 heterocycles. The molecule has 2 N–H and O–H groups in total. The van der Waals surface area contributed by atoms with E-state index in [2.05, 4.69) is 5.10 Å². The summed E-state index contributed by atoms with van der Waals surface area (Å²) in [6.45, 7) is 0. The van der Waals surface area contributed by atoms with Crippen molar-refractivity contribution in [3.8, 4) is 0 Å². The quantitative estimate of drug-likeness (QED) is 0.711. The zero-order valence-corrected chi connectivity index (χ0v) is 10.5. The Balaban J connectivity index is 2.09. The summed E-state index contributed by atoms with van der Waals surface area (Å²) in [6.07, 6.45) is 1.51. The number of rotatable bonds is 2. The number of nitrogen functional groups attached to an aromatic ring is 1. The lowest BCUT2D eigenvalue weighted by molar-refractivity contribution is 0.103. The molecule has 0 unspecified atom stereocenters. The third kappa shape index (κ3) is 1.87. The summed E-state index contributed by atoms with van der Waals surface area (Å²) >= 11 is 0. The van der Waals surface area contributed by atoms with E-state index < -0.39 is 0 Å². The zero-order chi connectivity index (χ0) is 13.4. The van der Waals surface area contributed by atoms with Gasteiger partial charge in [0.15, 0.2) is 5.78 Å². The Labute approximate surface area is 110 Å². The Bertz CT molecular complexity index is 774. The molecular weight excluding hydrogens is 238 g/mol. The molecule has 0 atom stereocenters. The van der Waals surface area contributed by atoms with Gasteiger partial charge in [0.05, 0.1) is 11.8 Å². The molecule has 0 saturated heterocycles. The smallest absolute Gasteiger partial charge is 0.198 e. The minimum absolute atomic E-state index is 0.101. The third-order valence-corrected chi connectivity index (χ3v) is 3.24. The number of nitrogens with two attached hydrogens (primary N) is 1. The first-order valence-electron chi connectivity index (χ1n) is 5.98. The van der Waals surface area contributed by atoms with E-state index in [1.807, 2.05) is 42.5 Å². The summed E-state index contributed by atoms with van der Waals surface area (Å²) in [5.74, 6) is 0.287. The van der Waals surface area contributed by atoms with Crippen LogP contribution in [0.1, 0.15) is 15.9 Å². The molecule has 19 heavy (non-hydrogen) atoms. The minimum atomic E-state index is -0.101. The number of anilines is 1. The molecule has 0 aliphatic heterocycles. The SMILES string of the molecule is Cn1ncc(C(=O)c2ccc3ccccc3c2)c1N. The molecule has 0 radical (unpaired) electrons.